The van der Waals surface area contributed by atoms with Crippen LogP contribution in [-0.2, 0) is 4.74 Å². The summed E-state index contributed by atoms with van der Waals surface area (Å²) in [4.78, 5) is 11.7. The van der Waals surface area contributed by atoms with Gasteiger partial charge in [-0.05, 0) is 42.3 Å². The van der Waals surface area contributed by atoms with E-state index in [0.717, 1.165) is 21.4 Å². The summed E-state index contributed by atoms with van der Waals surface area (Å²) in [5, 5.41) is 12.1. The predicted molar refractivity (Wildman–Crippen MR) is 92.2 cm³/mol. The first-order chi connectivity index (χ1) is 11.7. The number of carbonyl (C=O) groups excluding carboxylic acids is 1. The highest BCUT2D eigenvalue weighted by molar-refractivity contribution is 5.90. The van der Waals surface area contributed by atoms with Crippen LogP contribution in [-0.4, -0.2) is 12.6 Å². The number of hydrogen-bond donors (Lipinski definition) is 0. The van der Waals surface area contributed by atoms with E-state index in [0.29, 0.717) is 17.9 Å². The van der Waals surface area contributed by atoms with Crippen molar-refractivity contribution in [1.29, 1.82) is 0 Å². The van der Waals surface area contributed by atoms with Crippen molar-refractivity contribution < 1.29 is 14.3 Å². The molecule has 1 heterocycles. The van der Waals surface area contributed by atoms with E-state index in [2.05, 4.69) is 0 Å². The third-order valence-electron chi connectivity index (χ3n) is 3.72. The summed E-state index contributed by atoms with van der Waals surface area (Å²) in [7, 11) is 0. The second-order valence-electron chi connectivity index (χ2n) is 5.29. The van der Waals surface area contributed by atoms with Gasteiger partial charge in [0.2, 0.25) is 5.69 Å². The molecule has 2 aromatic carbocycles. The molecule has 3 aromatic rings. The Morgan fingerprint density at radius 2 is 1.67 bits per heavy atom. The molecule has 0 aliphatic carbocycles. The zero-order valence-electron chi connectivity index (χ0n) is 13.3. The summed E-state index contributed by atoms with van der Waals surface area (Å²) >= 11 is 0. The van der Waals surface area contributed by atoms with E-state index in [1.54, 1.807) is 37.3 Å². The number of hydrogen-bond acceptors (Lipinski definition) is 3. The maximum Gasteiger partial charge on any atom is 0.338 e. The van der Waals surface area contributed by atoms with Crippen molar-refractivity contribution in [3.63, 3.8) is 0 Å². The van der Waals surface area contributed by atoms with E-state index >= 15 is 0 Å². The number of aromatic nitrogens is 1. The van der Waals surface area contributed by atoms with E-state index in [1.807, 2.05) is 36.4 Å². The van der Waals surface area contributed by atoms with Crippen molar-refractivity contribution in [2.75, 3.05) is 6.61 Å². The van der Waals surface area contributed by atoms with Gasteiger partial charge in [0.1, 0.15) is 0 Å². The number of ether oxygens (including phenoxy) is 1. The molecule has 0 aliphatic heterocycles. The van der Waals surface area contributed by atoms with Gasteiger partial charge < -0.3 is 9.94 Å². The van der Waals surface area contributed by atoms with E-state index in [-0.39, 0.29) is 5.97 Å². The smallest absolute Gasteiger partial charge is 0.338 e. The maximum atomic E-state index is 12.1. The van der Waals surface area contributed by atoms with Crippen LogP contribution in [0.5, 0.6) is 0 Å². The number of nitrogens with zero attached hydrogens (tertiary/aromatic N) is 1. The molecule has 0 amide bonds. The Kier molecular flexibility index (Phi) is 4.57. The second-order valence-corrected chi connectivity index (χ2v) is 5.29. The average Bonchev–Trinajstić information content (AvgIpc) is 2.63. The van der Waals surface area contributed by atoms with Gasteiger partial charge in [-0.25, -0.2) is 4.79 Å². The fourth-order valence-corrected chi connectivity index (χ4v) is 2.50. The third-order valence-corrected chi connectivity index (χ3v) is 3.72. The summed E-state index contributed by atoms with van der Waals surface area (Å²) in [6.45, 7) is 2.10. The molecule has 0 aliphatic rings. The zero-order chi connectivity index (χ0) is 16.9. The Morgan fingerprint density at radius 3 is 2.33 bits per heavy atom. The fraction of sp³-hybridized carbons (Fsp3) is 0.100. The molecule has 0 spiro atoms. The lowest BCUT2D eigenvalue weighted by atomic mass is 10.0. The van der Waals surface area contributed by atoms with E-state index < -0.39 is 0 Å². The van der Waals surface area contributed by atoms with E-state index in [1.165, 1.54) is 6.20 Å². The van der Waals surface area contributed by atoms with Crippen molar-refractivity contribution in [1.82, 2.24) is 0 Å². The van der Waals surface area contributed by atoms with Gasteiger partial charge >= 0.3 is 5.97 Å². The minimum atomic E-state index is -0.364. The first-order valence-electron chi connectivity index (χ1n) is 7.75. The molecule has 0 fully saturated rings. The molecule has 0 N–H and O–H groups in total. The van der Waals surface area contributed by atoms with Gasteiger partial charge in [-0.3, -0.25) is 0 Å². The van der Waals surface area contributed by atoms with Gasteiger partial charge in [0, 0.05) is 17.7 Å². The second kappa shape index (κ2) is 6.96. The molecule has 0 saturated carbocycles. The molecule has 0 saturated heterocycles. The fourth-order valence-electron chi connectivity index (χ4n) is 2.50. The maximum absolute atomic E-state index is 12.1. The number of esters is 1. The lowest BCUT2D eigenvalue weighted by Crippen LogP contribution is -2.28. The third kappa shape index (κ3) is 3.27. The van der Waals surface area contributed by atoms with Crippen LogP contribution in [0.3, 0.4) is 0 Å². The number of carbonyl (C=O) groups is 1. The van der Waals surface area contributed by atoms with Crippen molar-refractivity contribution in [3.8, 4) is 22.4 Å². The standard InChI is InChI=1S/C20H17NO3/c1-2-24-20(22)17-10-8-16(9-11-17)19-14-18(12-13-21(19)23)15-6-4-3-5-7-15/h3-14H,2H2,1H3. The molecule has 0 atom stereocenters. The molecule has 0 bridgehead atoms. The summed E-state index contributed by atoms with van der Waals surface area (Å²) in [5.41, 5.74) is 3.76. The van der Waals surface area contributed by atoms with Crippen LogP contribution in [0.25, 0.3) is 22.4 Å². The molecular weight excluding hydrogens is 302 g/mol. The van der Waals surface area contributed by atoms with Gasteiger partial charge in [-0.15, -0.1) is 0 Å². The molecule has 120 valence electrons. The summed E-state index contributed by atoms with van der Waals surface area (Å²) in [6, 6.07) is 20.4. The highest BCUT2D eigenvalue weighted by Gasteiger charge is 2.13. The van der Waals surface area contributed by atoms with Crippen molar-refractivity contribution in [3.05, 3.63) is 83.7 Å². The Hall–Kier alpha value is -3.14. The molecular formula is C20H17NO3. The molecule has 4 heteroatoms. The molecule has 24 heavy (non-hydrogen) atoms. The topological polar surface area (TPSA) is 53.2 Å². The lowest BCUT2D eigenvalue weighted by Gasteiger charge is -2.08. The first kappa shape index (κ1) is 15.7. The van der Waals surface area contributed by atoms with Crippen molar-refractivity contribution in [2.45, 2.75) is 6.92 Å². The van der Waals surface area contributed by atoms with Crippen LogP contribution in [0.1, 0.15) is 17.3 Å². The Labute approximate surface area is 140 Å². The highest BCUT2D eigenvalue weighted by Crippen LogP contribution is 2.23. The SMILES string of the molecule is CCOC(=O)c1ccc(-c2cc(-c3ccccc3)cc[n+]2[O-])cc1. The molecule has 0 radical (unpaired) electrons. The van der Waals surface area contributed by atoms with Gasteiger partial charge in [0.15, 0.2) is 6.20 Å². The van der Waals surface area contributed by atoms with Gasteiger partial charge in [0.25, 0.3) is 0 Å². The highest BCUT2D eigenvalue weighted by atomic mass is 16.5. The summed E-state index contributed by atoms with van der Waals surface area (Å²) < 4.78 is 5.79. The quantitative estimate of drug-likeness (QED) is 0.417. The molecule has 0 unspecified atom stereocenters. The van der Waals surface area contributed by atoms with Gasteiger partial charge in [0.05, 0.1) is 12.2 Å². The van der Waals surface area contributed by atoms with Crippen LogP contribution in [0.4, 0.5) is 0 Å². The minimum absolute atomic E-state index is 0.334. The predicted octanol–water partition coefficient (Wildman–Crippen LogP) is 3.83. The summed E-state index contributed by atoms with van der Waals surface area (Å²) in [6.07, 6.45) is 1.50. The molecule has 1 aromatic heterocycles. The Bertz CT molecular complexity index is 843. The monoisotopic (exact) mass is 319 g/mol. The van der Waals surface area contributed by atoms with Gasteiger partial charge in [-0.1, -0.05) is 30.3 Å². The molecule has 4 nitrogen and oxygen atoms in total. The van der Waals surface area contributed by atoms with Crippen LogP contribution in [0.2, 0.25) is 0 Å². The lowest BCUT2D eigenvalue weighted by molar-refractivity contribution is -0.593. The van der Waals surface area contributed by atoms with E-state index in [4.69, 9.17) is 4.74 Å². The van der Waals surface area contributed by atoms with Crippen LogP contribution in [0.15, 0.2) is 72.9 Å². The zero-order valence-corrected chi connectivity index (χ0v) is 13.3. The largest absolute Gasteiger partial charge is 0.618 e. The number of pyridine rings is 1. The van der Waals surface area contributed by atoms with Crippen molar-refractivity contribution >= 4 is 5.97 Å². The minimum Gasteiger partial charge on any atom is -0.618 e. The van der Waals surface area contributed by atoms with E-state index in [9.17, 15) is 10.0 Å². The van der Waals surface area contributed by atoms with Crippen LogP contribution >= 0.6 is 0 Å². The van der Waals surface area contributed by atoms with Crippen LogP contribution in [0, 0.1) is 5.21 Å². The normalized spacial score (nSPS) is 10.4. The molecule has 3 rings (SSSR count). The summed E-state index contributed by atoms with van der Waals surface area (Å²) in [5.74, 6) is -0.364. The first-order valence-corrected chi connectivity index (χ1v) is 7.75. The van der Waals surface area contributed by atoms with Gasteiger partial charge in [-0.2, -0.15) is 4.73 Å². The van der Waals surface area contributed by atoms with Crippen molar-refractivity contribution in [2.24, 2.45) is 0 Å². The number of benzene rings is 2. The average molecular weight is 319 g/mol. The Balaban J connectivity index is 1.96. The van der Waals surface area contributed by atoms with Crippen LogP contribution < -0.4 is 4.73 Å². The number of rotatable bonds is 4. The Morgan fingerprint density at radius 1 is 0.958 bits per heavy atom.